The van der Waals surface area contributed by atoms with E-state index in [4.69, 9.17) is 20.8 Å². The monoisotopic (exact) mass is 392 g/mol. The van der Waals surface area contributed by atoms with Crippen molar-refractivity contribution in [3.8, 4) is 0 Å². The summed E-state index contributed by atoms with van der Waals surface area (Å²) in [5.41, 5.74) is 1.70. The van der Waals surface area contributed by atoms with Gasteiger partial charge in [0.2, 0.25) is 5.91 Å². The number of hydrogen-bond donors (Lipinski definition) is 1. The van der Waals surface area contributed by atoms with Gasteiger partial charge >= 0.3 is 5.97 Å². The number of ether oxygens (including phenoxy) is 1. The van der Waals surface area contributed by atoms with E-state index < -0.39 is 18.5 Å². The molecule has 7 nitrogen and oxygen atoms in total. The predicted octanol–water partition coefficient (Wildman–Crippen LogP) is 3.19. The fourth-order valence-electron chi connectivity index (χ4n) is 2.36. The minimum Gasteiger partial charge on any atom is -0.469 e. The number of rotatable bonds is 7. The van der Waals surface area contributed by atoms with Crippen LogP contribution in [0.15, 0.2) is 34.9 Å². The molecule has 1 aromatic carbocycles. The van der Waals surface area contributed by atoms with Gasteiger partial charge in [-0.2, -0.15) is 0 Å². The Morgan fingerprint density at radius 2 is 1.96 bits per heavy atom. The van der Waals surface area contributed by atoms with Crippen molar-refractivity contribution in [2.24, 2.45) is 0 Å². The van der Waals surface area contributed by atoms with Crippen LogP contribution in [-0.4, -0.2) is 42.4 Å². The maximum Gasteiger partial charge on any atom is 0.342 e. The first kappa shape index (κ1) is 20.5. The van der Waals surface area contributed by atoms with E-state index in [1.54, 1.807) is 32.0 Å². The molecular weight excluding hydrogens is 372 g/mol. The lowest BCUT2D eigenvalue weighted by molar-refractivity contribution is -0.137. The predicted molar refractivity (Wildman–Crippen MR) is 101 cm³/mol. The molecule has 0 aliphatic carbocycles. The Hall–Kier alpha value is -2.80. The average Bonchev–Trinajstić information content (AvgIpc) is 3.06. The summed E-state index contributed by atoms with van der Waals surface area (Å²) in [6.07, 6.45) is 1.37. The number of carbonyl (C=O) groups excluding carboxylic acids is 3. The molecule has 2 amide bonds. The van der Waals surface area contributed by atoms with Gasteiger partial charge in [0.05, 0.1) is 12.8 Å². The first-order valence-corrected chi connectivity index (χ1v) is 8.74. The van der Waals surface area contributed by atoms with Gasteiger partial charge in [0, 0.05) is 17.3 Å². The molecule has 0 atom stereocenters. The highest BCUT2D eigenvalue weighted by Crippen LogP contribution is 2.20. The standard InChI is InChI=1S/C19H21ClN2O5/c1-4-22(10-17(23)21-16-9-14(20)6-5-12(16)2)18(24)11-27-19(25)15-7-8-26-13(15)3/h5-9H,4,10-11H2,1-3H3,(H,21,23). The Labute approximate surface area is 162 Å². The Balaban J connectivity index is 1.90. The molecule has 2 rings (SSSR count). The number of esters is 1. The SMILES string of the molecule is CCN(CC(=O)Nc1cc(Cl)ccc1C)C(=O)COC(=O)c1ccoc1C. The lowest BCUT2D eigenvalue weighted by Crippen LogP contribution is -2.40. The molecule has 27 heavy (non-hydrogen) atoms. The van der Waals surface area contributed by atoms with E-state index >= 15 is 0 Å². The zero-order valence-electron chi connectivity index (χ0n) is 15.4. The zero-order chi connectivity index (χ0) is 20.0. The molecule has 1 heterocycles. The quantitative estimate of drug-likeness (QED) is 0.731. The van der Waals surface area contributed by atoms with Crippen LogP contribution in [0.4, 0.5) is 5.69 Å². The second-order valence-electron chi connectivity index (χ2n) is 5.88. The van der Waals surface area contributed by atoms with Crippen molar-refractivity contribution in [3.05, 3.63) is 52.4 Å². The molecule has 0 saturated heterocycles. The second-order valence-corrected chi connectivity index (χ2v) is 6.32. The molecule has 0 radical (unpaired) electrons. The number of likely N-dealkylation sites (N-methyl/N-ethyl adjacent to an activating group) is 1. The Morgan fingerprint density at radius 1 is 1.22 bits per heavy atom. The Kier molecular flexibility index (Phi) is 7.01. The van der Waals surface area contributed by atoms with Crippen LogP contribution < -0.4 is 5.32 Å². The molecule has 0 bridgehead atoms. The number of aryl methyl sites for hydroxylation is 2. The molecule has 0 fully saturated rings. The van der Waals surface area contributed by atoms with Crippen molar-refractivity contribution in [1.82, 2.24) is 4.90 Å². The van der Waals surface area contributed by atoms with Crippen LogP contribution >= 0.6 is 11.6 Å². The number of hydrogen-bond acceptors (Lipinski definition) is 5. The van der Waals surface area contributed by atoms with Gasteiger partial charge in [0.25, 0.3) is 5.91 Å². The van der Waals surface area contributed by atoms with Gasteiger partial charge in [-0.25, -0.2) is 4.79 Å². The summed E-state index contributed by atoms with van der Waals surface area (Å²) in [5, 5.41) is 3.23. The molecule has 0 saturated carbocycles. The molecule has 0 aliphatic heterocycles. The highest BCUT2D eigenvalue weighted by atomic mass is 35.5. The highest BCUT2D eigenvalue weighted by molar-refractivity contribution is 6.31. The summed E-state index contributed by atoms with van der Waals surface area (Å²) >= 11 is 5.94. The Bertz CT molecular complexity index is 846. The van der Waals surface area contributed by atoms with Crippen LogP contribution in [0.25, 0.3) is 0 Å². The minimum absolute atomic E-state index is 0.163. The van der Waals surface area contributed by atoms with Crippen molar-refractivity contribution < 1.29 is 23.5 Å². The number of carbonyl (C=O) groups is 3. The van der Waals surface area contributed by atoms with Crippen LogP contribution in [0.2, 0.25) is 5.02 Å². The van der Waals surface area contributed by atoms with Crippen LogP contribution in [0.3, 0.4) is 0 Å². The lowest BCUT2D eigenvalue weighted by atomic mass is 10.2. The van der Waals surface area contributed by atoms with Gasteiger partial charge in [0.1, 0.15) is 11.3 Å². The van der Waals surface area contributed by atoms with Crippen molar-refractivity contribution in [3.63, 3.8) is 0 Å². The van der Waals surface area contributed by atoms with Gasteiger partial charge < -0.3 is 19.4 Å². The first-order valence-electron chi connectivity index (χ1n) is 8.36. The topological polar surface area (TPSA) is 88.9 Å². The zero-order valence-corrected chi connectivity index (χ0v) is 16.1. The molecule has 2 aromatic rings. The summed E-state index contributed by atoms with van der Waals surface area (Å²) in [5.74, 6) is -1.07. The third-order valence-electron chi connectivity index (χ3n) is 3.95. The van der Waals surface area contributed by atoms with Crippen LogP contribution in [0.1, 0.15) is 28.6 Å². The fraction of sp³-hybridized carbons (Fsp3) is 0.316. The summed E-state index contributed by atoms with van der Waals surface area (Å²) in [7, 11) is 0. The molecular formula is C19H21ClN2O5. The highest BCUT2D eigenvalue weighted by Gasteiger charge is 2.20. The normalized spacial score (nSPS) is 10.4. The van der Waals surface area contributed by atoms with E-state index in [-0.39, 0.29) is 18.0 Å². The number of nitrogens with zero attached hydrogens (tertiary/aromatic N) is 1. The summed E-state index contributed by atoms with van der Waals surface area (Å²) < 4.78 is 10.0. The first-order chi connectivity index (χ1) is 12.8. The van der Waals surface area contributed by atoms with Crippen LogP contribution in [0, 0.1) is 13.8 Å². The van der Waals surface area contributed by atoms with Crippen molar-refractivity contribution in [2.45, 2.75) is 20.8 Å². The largest absolute Gasteiger partial charge is 0.469 e. The number of amides is 2. The molecule has 1 N–H and O–H groups in total. The summed E-state index contributed by atoms with van der Waals surface area (Å²) in [6.45, 7) is 4.87. The number of furan rings is 1. The van der Waals surface area contributed by atoms with Gasteiger partial charge in [-0.1, -0.05) is 17.7 Å². The third-order valence-corrected chi connectivity index (χ3v) is 4.18. The van der Waals surface area contributed by atoms with E-state index in [0.717, 1.165) is 5.56 Å². The maximum absolute atomic E-state index is 12.3. The molecule has 0 spiro atoms. The molecule has 1 aromatic heterocycles. The van der Waals surface area contributed by atoms with Crippen molar-refractivity contribution in [2.75, 3.05) is 25.0 Å². The minimum atomic E-state index is -0.648. The Morgan fingerprint density at radius 3 is 2.59 bits per heavy atom. The number of nitrogens with one attached hydrogen (secondary N) is 1. The molecule has 8 heteroatoms. The molecule has 0 aliphatic rings. The lowest BCUT2D eigenvalue weighted by Gasteiger charge is -2.20. The average molecular weight is 393 g/mol. The smallest absolute Gasteiger partial charge is 0.342 e. The van der Waals surface area contributed by atoms with Crippen molar-refractivity contribution >= 4 is 35.1 Å². The number of benzene rings is 1. The van der Waals surface area contributed by atoms with Crippen LogP contribution in [-0.2, 0) is 14.3 Å². The van der Waals surface area contributed by atoms with Gasteiger partial charge in [0.15, 0.2) is 6.61 Å². The second kappa shape index (κ2) is 9.23. The molecule has 144 valence electrons. The van der Waals surface area contributed by atoms with Gasteiger partial charge in [-0.3, -0.25) is 9.59 Å². The maximum atomic E-state index is 12.3. The number of anilines is 1. The summed E-state index contributed by atoms with van der Waals surface area (Å²) in [6, 6.07) is 6.63. The van der Waals surface area contributed by atoms with E-state index in [1.165, 1.54) is 17.2 Å². The van der Waals surface area contributed by atoms with Gasteiger partial charge in [-0.15, -0.1) is 0 Å². The third kappa shape index (κ3) is 5.59. The van der Waals surface area contributed by atoms with E-state index in [9.17, 15) is 14.4 Å². The fourth-order valence-corrected chi connectivity index (χ4v) is 2.53. The number of halogens is 1. The summed E-state index contributed by atoms with van der Waals surface area (Å²) in [4.78, 5) is 37.7. The molecule has 0 unspecified atom stereocenters. The van der Waals surface area contributed by atoms with Crippen molar-refractivity contribution in [1.29, 1.82) is 0 Å². The van der Waals surface area contributed by atoms with E-state index in [1.807, 2.05) is 6.92 Å². The van der Waals surface area contributed by atoms with E-state index in [0.29, 0.717) is 23.0 Å². The van der Waals surface area contributed by atoms with E-state index in [2.05, 4.69) is 5.32 Å². The van der Waals surface area contributed by atoms with Gasteiger partial charge in [-0.05, 0) is 44.5 Å². The van der Waals surface area contributed by atoms with Crippen LogP contribution in [0.5, 0.6) is 0 Å².